The van der Waals surface area contributed by atoms with Crippen LogP contribution < -0.4 is 4.74 Å². The van der Waals surface area contributed by atoms with Crippen molar-refractivity contribution < 1.29 is 19.2 Å². The number of hydrogen-bond donors (Lipinski definition) is 0. The molecule has 0 N–H and O–H groups in total. The third kappa shape index (κ3) is 5.14. The first kappa shape index (κ1) is 19.1. The van der Waals surface area contributed by atoms with Gasteiger partial charge in [-0.3, -0.25) is 0 Å². The molecule has 1 aromatic heterocycles. The number of nitrogens with zero attached hydrogens (tertiary/aromatic N) is 2. The van der Waals surface area contributed by atoms with Crippen LogP contribution in [0.5, 0.6) is 5.75 Å². The Hall–Kier alpha value is -2.18. The van der Waals surface area contributed by atoms with Crippen LogP contribution in [0.3, 0.4) is 0 Å². The predicted molar refractivity (Wildman–Crippen MR) is 92.3 cm³/mol. The first-order valence-corrected chi connectivity index (χ1v) is 8.72. The standard InChI is InChI=1S/C18H26N2O5/c1-11(2)14-7-5-12(3)9-16(14)25-17(21)10-24-15-8-6-13(4)19-18(15)20(22)23/h6,8,11-12,14,16H,5,7,9-10H2,1-4H3/t12-,14+,16+/m0/s1. The number of hydrogen-bond acceptors (Lipinski definition) is 6. The Balaban J connectivity index is 1.97. The number of carbonyl (C=O) groups excluding carboxylic acids is 1. The minimum absolute atomic E-state index is 0.0232. The van der Waals surface area contributed by atoms with Gasteiger partial charge in [-0.05, 0) is 52.6 Å². The Morgan fingerprint density at radius 3 is 2.76 bits per heavy atom. The number of aryl methyl sites for hydroxylation is 1. The summed E-state index contributed by atoms with van der Waals surface area (Å²) in [6.07, 6.45) is 2.92. The van der Waals surface area contributed by atoms with Crippen molar-refractivity contribution in [1.29, 1.82) is 0 Å². The van der Waals surface area contributed by atoms with E-state index in [1.807, 2.05) is 0 Å². The van der Waals surface area contributed by atoms with Crippen molar-refractivity contribution in [2.45, 2.75) is 53.1 Å². The van der Waals surface area contributed by atoms with Gasteiger partial charge in [0.1, 0.15) is 11.8 Å². The summed E-state index contributed by atoms with van der Waals surface area (Å²) in [6.45, 7) is 7.73. The number of pyridine rings is 1. The average molecular weight is 350 g/mol. The number of rotatable bonds is 6. The van der Waals surface area contributed by atoms with Gasteiger partial charge in [-0.25, -0.2) is 4.79 Å². The molecule has 0 aromatic carbocycles. The van der Waals surface area contributed by atoms with E-state index < -0.39 is 10.9 Å². The van der Waals surface area contributed by atoms with Gasteiger partial charge < -0.3 is 19.6 Å². The maximum Gasteiger partial charge on any atom is 0.406 e. The van der Waals surface area contributed by atoms with Gasteiger partial charge in [0.05, 0.1) is 0 Å². The van der Waals surface area contributed by atoms with E-state index >= 15 is 0 Å². The van der Waals surface area contributed by atoms with Gasteiger partial charge in [-0.1, -0.05) is 27.2 Å². The summed E-state index contributed by atoms with van der Waals surface area (Å²) in [5.74, 6) is 0.393. The van der Waals surface area contributed by atoms with Crippen molar-refractivity contribution in [2.24, 2.45) is 17.8 Å². The van der Waals surface area contributed by atoms with E-state index in [1.54, 1.807) is 13.0 Å². The summed E-state index contributed by atoms with van der Waals surface area (Å²) in [4.78, 5) is 26.4. The van der Waals surface area contributed by atoms with Gasteiger partial charge in [0.2, 0.25) is 5.75 Å². The largest absolute Gasteiger partial charge is 0.474 e. The van der Waals surface area contributed by atoms with E-state index in [0.29, 0.717) is 23.4 Å². The van der Waals surface area contributed by atoms with Crippen molar-refractivity contribution in [1.82, 2.24) is 4.98 Å². The molecular weight excluding hydrogens is 324 g/mol. The zero-order chi connectivity index (χ0) is 18.6. The lowest BCUT2D eigenvalue weighted by atomic mass is 9.75. The second-order valence-electron chi connectivity index (χ2n) is 7.17. The molecule has 0 bridgehead atoms. The van der Waals surface area contributed by atoms with Crippen molar-refractivity contribution in [3.8, 4) is 5.75 Å². The maximum absolute atomic E-state index is 12.2. The van der Waals surface area contributed by atoms with Gasteiger partial charge in [0, 0.05) is 6.92 Å². The fraction of sp³-hybridized carbons (Fsp3) is 0.667. The number of carbonyl (C=O) groups is 1. The predicted octanol–water partition coefficient (Wildman–Crippen LogP) is 3.68. The molecule has 1 heterocycles. The Bertz CT molecular complexity index is 632. The van der Waals surface area contributed by atoms with E-state index in [4.69, 9.17) is 9.47 Å². The quantitative estimate of drug-likeness (QED) is 0.441. The number of ether oxygens (including phenoxy) is 2. The van der Waals surface area contributed by atoms with Crippen molar-refractivity contribution >= 4 is 11.8 Å². The molecule has 1 aromatic rings. The molecule has 0 amide bonds. The smallest absolute Gasteiger partial charge is 0.406 e. The first-order valence-electron chi connectivity index (χ1n) is 8.72. The fourth-order valence-corrected chi connectivity index (χ4v) is 3.36. The van der Waals surface area contributed by atoms with Gasteiger partial charge in [0.25, 0.3) is 0 Å². The minimum atomic E-state index is -0.620. The van der Waals surface area contributed by atoms with E-state index in [2.05, 4.69) is 25.8 Å². The molecule has 25 heavy (non-hydrogen) atoms. The first-order chi connectivity index (χ1) is 11.8. The normalized spacial score (nSPS) is 23.3. The molecule has 0 unspecified atom stereocenters. The number of aromatic nitrogens is 1. The Morgan fingerprint density at radius 2 is 2.12 bits per heavy atom. The highest BCUT2D eigenvalue weighted by molar-refractivity contribution is 5.71. The molecule has 1 saturated carbocycles. The maximum atomic E-state index is 12.2. The van der Waals surface area contributed by atoms with E-state index in [1.165, 1.54) is 6.07 Å². The van der Waals surface area contributed by atoms with Gasteiger partial charge in [-0.15, -0.1) is 0 Å². The molecule has 0 aliphatic heterocycles. The summed E-state index contributed by atoms with van der Waals surface area (Å²) in [7, 11) is 0. The molecule has 0 spiro atoms. The number of nitro groups is 1. The third-order valence-electron chi connectivity index (χ3n) is 4.74. The highest BCUT2D eigenvalue weighted by Gasteiger charge is 2.33. The van der Waals surface area contributed by atoms with Crippen LogP contribution in [-0.4, -0.2) is 28.6 Å². The Morgan fingerprint density at radius 1 is 1.40 bits per heavy atom. The fourth-order valence-electron chi connectivity index (χ4n) is 3.36. The van der Waals surface area contributed by atoms with Crippen molar-refractivity contribution in [3.63, 3.8) is 0 Å². The van der Waals surface area contributed by atoms with Crippen LogP contribution in [-0.2, 0) is 9.53 Å². The summed E-state index contributed by atoms with van der Waals surface area (Å²) < 4.78 is 10.9. The van der Waals surface area contributed by atoms with Gasteiger partial charge >= 0.3 is 11.8 Å². The minimum Gasteiger partial charge on any atom is -0.474 e. The lowest BCUT2D eigenvalue weighted by Gasteiger charge is -2.36. The molecule has 7 nitrogen and oxygen atoms in total. The lowest BCUT2D eigenvalue weighted by molar-refractivity contribution is -0.390. The summed E-state index contributed by atoms with van der Waals surface area (Å²) >= 11 is 0. The van der Waals surface area contributed by atoms with Crippen molar-refractivity contribution in [2.75, 3.05) is 6.61 Å². The van der Waals surface area contributed by atoms with Crippen LogP contribution in [0.2, 0.25) is 0 Å². The van der Waals surface area contributed by atoms with Crippen LogP contribution >= 0.6 is 0 Å². The number of esters is 1. The van der Waals surface area contributed by atoms with Crippen LogP contribution in [0.1, 0.15) is 45.7 Å². The topological polar surface area (TPSA) is 91.6 Å². The molecule has 1 aliphatic rings. The second-order valence-corrected chi connectivity index (χ2v) is 7.17. The zero-order valence-electron chi connectivity index (χ0n) is 15.2. The molecule has 138 valence electrons. The zero-order valence-corrected chi connectivity index (χ0v) is 15.2. The molecule has 0 radical (unpaired) electrons. The Kier molecular flexibility index (Phi) is 6.33. The van der Waals surface area contributed by atoms with Crippen LogP contribution in [0.25, 0.3) is 0 Å². The van der Waals surface area contributed by atoms with E-state index in [-0.39, 0.29) is 24.3 Å². The highest BCUT2D eigenvalue weighted by Crippen LogP contribution is 2.35. The van der Waals surface area contributed by atoms with E-state index in [9.17, 15) is 14.9 Å². The summed E-state index contributed by atoms with van der Waals surface area (Å²) in [5.41, 5.74) is 0.512. The monoisotopic (exact) mass is 350 g/mol. The van der Waals surface area contributed by atoms with Crippen LogP contribution in [0.15, 0.2) is 12.1 Å². The van der Waals surface area contributed by atoms with Gasteiger partial charge in [0.15, 0.2) is 6.61 Å². The highest BCUT2D eigenvalue weighted by atomic mass is 16.6. The van der Waals surface area contributed by atoms with E-state index in [0.717, 1.165) is 19.3 Å². The molecule has 0 saturated heterocycles. The van der Waals surface area contributed by atoms with Crippen molar-refractivity contribution in [3.05, 3.63) is 27.9 Å². The third-order valence-corrected chi connectivity index (χ3v) is 4.74. The molecule has 3 atom stereocenters. The Labute approximate surface area is 147 Å². The van der Waals surface area contributed by atoms with Crippen LogP contribution in [0, 0.1) is 34.8 Å². The second kappa shape index (κ2) is 8.27. The summed E-state index contributed by atoms with van der Waals surface area (Å²) in [6, 6.07) is 3.05. The SMILES string of the molecule is Cc1ccc(OCC(=O)O[C@@H]2C[C@@H](C)CC[C@@H]2C(C)C)c([N+](=O)[O-])n1. The summed E-state index contributed by atoms with van der Waals surface area (Å²) in [5, 5.41) is 11.0. The molecule has 1 fully saturated rings. The molecule has 2 rings (SSSR count). The molecular formula is C18H26N2O5. The van der Waals surface area contributed by atoms with Crippen LogP contribution in [0.4, 0.5) is 5.82 Å². The van der Waals surface area contributed by atoms with Gasteiger partial charge in [-0.2, -0.15) is 0 Å². The molecule has 7 heteroatoms. The lowest BCUT2D eigenvalue weighted by Crippen LogP contribution is -2.37. The molecule has 1 aliphatic carbocycles. The average Bonchev–Trinajstić information content (AvgIpc) is 2.53.